The SMILES string of the molecule is CC[C@@H](C)NC(=O)[C@@H](C)N(Cc1ccc(Br)cc1)C(=O)CN(c1ccc(F)cc1)S(=O)(=O)c1ccc(OC)c(OC)c1. The maximum absolute atomic E-state index is 14.0. The van der Waals surface area contributed by atoms with Crippen molar-refractivity contribution in [3.8, 4) is 11.5 Å². The fourth-order valence-electron chi connectivity index (χ4n) is 4.07. The number of rotatable bonds is 13. The quantitative estimate of drug-likeness (QED) is 0.272. The Balaban J connectivity index is 2.06. The number of carbonyl (C=O) groups is 2. The monoisotopic (exact) mass is 663 g/mol. The Morgan fingerprint density at radius 2 is 1.57 bits per heavy atom. The topological polar surface area (TPSA) is 105 Å². The Morgan fingerprint density at radius 3 is 2.14 bits per heavy atom. The van der Waals surface area contributed by atoms with Crippen LogP contribution in [0.3, 0.4) is 0 Å². The molecule has 0 aliphatic heterocycles. The second kappa shape index (κ2) is 14.5. The molecular formula is C30H35BrFN3O6S. The summed E-state index contributed by atoms with van der Waals surface area (Å²) in [4.78, 5) is 28.3. The van der Waals surface area contributed by atoms with E-state index in [1.807, 2.05) is 38.1 Å². The molecule has 0 fully saturated rings. The predicted octanol–water partition coefficient (Wildman–Crippen LogP) is 5.13. The van der Waals surface area contributed by atoms with E-state index in [0.717, 1.165) is 26.5 Å². The second-order valence-electron chi connectivity index (χ2n) is 9.65. The van der Waals surface area contributed by atoms with Gasteiger partial charge in [-0.15, -0.1) is 0 Å². The van der Waals surface area contributed by atoms with Crippen LogP contribution < -0.4 is 19.1 Å². The van der Waals surface area contributed by atoms with Gasteiger partial charge in [-0.25, -0.2) is 12.8 Å². The molecule has 0 saturated carbocycles. The van der Waals surface area contributed by atoms with Gasteiger partial charge < -0.3 is 19.7 Å². The molecule has 0 saturated heterocycles. The normalized spacial score (nSPS) is 12.6. The van der Waals surface area contributed by atoms with Crippen LogP contribution in [0.15, 0.2) is 76.1 Å². The number of hydrogen-bond donors (Lipinski definition) is 1. The Labute approximate surface area is 254 Å². The van der Waals surface area contributed by atoms with Crippen molar-refractivity contribution in [3.63, 3.8) is 0 Å². The molecule has 0 aromatic heterocycles. The Hall–Kier alpha value is -3.64. The minimum Gasteiger partial charge on any atom is -0.493 e. The van der Waals surface area contributed by atoms with E-state index in [-0.39, 0.29) is 34.8 Å². The van der Waals surface area contributed by atoms with Crippen molar-refractivity contribution >= 4 is 43.5 Å². The van der Waals surface area contributed by atoms with Gasteiger partial charge >= 0.3 is 0 Å². The standard InChI is InChI=1S/C30H35BrFN3O6S/c1-6-20(2)33-30(37)21(3)34(18-22-7-9-23(31)10-8-22)29(36)19-35(25-13-11-24(32)12-14-25)42(38,39)26-15-16-27(40-4)28(17-26)41-5/h7-17,20-21H,6,18-19H2,1-5H3,(H,33,37)/t20-,21-/m1/s1. The lowest BCUT2D eigenvalue weighted by atomic mass is 10.1. The van der Waals surface area contributed by atoms with Gasteiger partial charge in [0, 0.05) is 23.1 Å². The molecule has 2 atom stereocenters. The van der Waals surface area contributed by atoms with Crippen LogP contribution in [0.25, 0.3) is 0 Å². The highest BCUT2D eigenvalue weighted by Gasteiger charge is 2.33. The van der Waals surface area contributed by atoms with Crippen molar-refractivity contribution < 1.29 is 31.9 Å². The number of sulfonamides is 1. The van der Waals surface area contributed by atoms with Gasteiger partial charge in [-0.2, -0.15) is 0 Å². The molecule has 0 aliphatic carbocycles. The molecule has 226 valence electrons. The maximum atomic E-state index is 14.0. The number of ether oxygens (including phenoxy) is 2. The lowest BCUT2D eigenvalue weighted by Crippen LogP contribution is -2.52. The van der Waals surface area contributed by atoms with Crippen LogP contribution in [0, 0.1) is 5.82 Å². The number of anilines is 1. The molecule has 12 heteroatoms. The third kappa shape index (κ3) is 8.01. The number of nitrogens with one attached hydrogen (secondary N) is 1. The average molecular weight is 665 g/mol. The molecule has 1 N–H and O–H groups in total. The van der Waals surface area contributed by atoms with Gasteiger partial charge in [-0.1, -0.05) is 35.0 Å². The van der Waals surface area contributed by atoms with Gasteiger partial charge in [0.05, 0.1) is 24.8 Å². The summed E-state index contributed by atoms with van der Waals surface area (Å²) in [6.07, 6.45) is 0.695. The molecule has 0 unspecified atom stereocenters. The average Bonchev–Trinajstić information content (AvgIpc) is 2.98. The molecule has 0 bridgehead atoms. The molecule has 0 radical (unpaired) electrons. The molecular weight excluding hydrogens is 629 g/mol. The minimum absolute atomic E-state index is 0.0505. The highest BCUT2D eigenvalue weighted by molar-refractivity contribution is 9.10. The van der Waals surface area contributed by atoms with Crippen LogP contribution in [-0.2, 0) is 26.2 Å². The van der Waals surface area contributed by atoms with Gasteiger partial charge in [0.1, 0.15) is 18.4 Å². The van der Waals surface area contributed by atoms with E-state index in [2.05, 4.69) is 21.2 Å². The lowest BCUT2D eigenvalue weighted by Gasteiger charge is -2.32. The van der Waals surface area contributed by atoms with Crippen LogP contribution in [0.5, 0.6) is 11.5 Å². The molecule has 3 rings (SSSR count). The number of nitrogens with zero attached hydrogens (tertiary/aromatic N) is 2. The van der Waals surface area contributed by atoms with Crippen molar-refractivity contribution in [3.05, 3.63) is 82.6 Å². The van der Waals surface area contributed by atoms with Gasteiger partial charge in [0.15, 0.2) is 11.5 Å². The van der Waals surface area contributed by atoms with Crippen molar-refractivity contribution in [2.75, 3.05) is 25.1 Å². The van der Waals surface area contributed by atoms with Gasteiger partial charge in [0.25, 0.3) is 10.0 Å². The van der Waals surface area contributed by atoms with Crippen LogP contribution in [0.4, 0.5) is 10.1 Å². The molecule has 3 aromatic rings. The third-order valence-electron chi connectivity index (χ3n) is 6.77. The summed E-state index contributed by atoms with van der Waals surface area (Å²) in [5.41, 5.74) is 0.811. The maximum Gasteiger partial charge on any atom is 0.264 e. The molecule has 42 heavy (non-hydrogen) atoms. The van der Waals surface area contributed by atoms with E-state index < -0.39 is 34.3 Å². The summed E-state index contributed by atoms with van der Waals surface area (Å²) >= 11 is 3.39. The summed E-state index contributed by atoms with van der Waals surface area (Å²) in [5, 5.41) is 2.89. The van der Waals surface area contributed by atoms with E-state index in [1.54, 1.807) is 6.92 Å². The Bertz CT molecular complexity index is 1490. The molecule has 9 nitrogen and oxygen atoms in total. The first-order valence-corrected chi connectivity index (χ1v) is 15.5. The first kappa shape index (κ1) is 32.9. The van der Waals surface area contributed by atoms with Crippen LogP contribution in [0.1, 0.15) is 32.8 Å². The molecule has 2 amide bonds. The predicted molar refractivity (Wildman–Crippen MR) is 163 cm³/mol. The number of amides is 2. The van der Waals surface area contributed by atoms with E-state index in [1.165, 1.54) is 49.5 Å². The highest BCUT2D eigenvalue weighted by Crippen LogP contribution is 2.32. The number of hydrogen-bond acceptors (Lipinski definition) is 6. The van der Waals surface area contributed by atoms with Gasteiger partial charge in [-0.05, 0) is 74.4 Å². The summed E-state index contributed by atoms with van der Waals surface area (Å²) in [5.74, 6) is -1.07. The summed E-state index contributed by atoms with van der Waals surface area (Å²) in [6.45, 7) is 4.78. The van der Waals surface area contributed by atoms with Crippen molar-refractivity contribution in [2.45, 2.75) is 50.7 Å². The third-order valence-corrected chi connectivity index (χ3v) is 9.07. The zero-order chi connectivity index (χ0) is 31.0. The van der Waals surface area contributed by atoms with Crippen LogP contribution in [0.2, 0.25) is 0 Å². The molecule has 3 aromatic carbocycles. The Morgan fingerprint density at radius 1 is 0.952 bits per heavy atom. The highest BCUT2D eigenvalue weighted by atomic mass is 79.9. The zero-order valence-corrected chi connectivity index (χ0v) is 26.5. The first-order valence-electron chi connectivity index (χ1n) is 13.3. The van der Waals surface area contributed by atoms with Crippen molar-refractivity contribution in [2.24, 2.45) is 0 Å². The summed E-state index contributed by atoms with van der Waals surface area (Å²) < 4.78 is 54.1. The van der Waals surface area contributed by atoms with Crippen molar-refractivity contribution in [1.29, 1.82) is 0 Å². The van der Waals surface area contributed by atoms with E-state index >= 15 is 0 Å². The molecule has 0 spiro atoms. The van der Waals surface area contributed by atoms with Gasteiger partial charge in [-0.3, -0.25) is 13.9 Å². The van der Waals surface area contributed by atoms with Crippen molar-refractivity contribution in [1.82, 2.24) is 10.2 Å². The van der Waals surface area contributed by atoms with E-state index in [0.29, 0.717) is 12.2 Å². The van der Waals surface area contributed by atoms with Crippen LogP contribution >= 0.6 is 15.9 Å². The van der Waals surface area contributed by atoms with Gasteiger partial charge in [0.2, 0.25) is 11.8 Å². The lowest BCUT2D eigenvalue weighted by molar-refractivity contribution is -0.139. The van der Waals surface area contributed by atoms with Crippen LogP contribution in [-0.4, -0.2) is 58.0 Å². The molecule has 0 heterocycles. The number of methoxy groups -OCH3 is 2. The molecule has 0 aliphatic rings. The minimum atomic E-state index is -4.38. The first-order chi connectivity index (χ1) is 19.9. The number of carbonyl (C=O) groups excluding carboxylic acids is 2. The summed E-state index contributed by atoms with van der Waals surface area (Å²) in [7, 11) is -1.58. The Kier molecular flexibility index (Phi) is 11.3. The second-order valence-corrected chi connectivity index (χ2v) is 12.4. The fraction of sp³-hybridized carbons (Fsp3) is 0.333. The number of benzene rings is 3. The smallest absolute Gasteiger partial charge is 0.264 e. The zero-order valence-electron chi connectivity index (χ0n) is 24.1. The fourth-order valence-corrected chi connectivity index (χ4v) is 5.77. The number of halogens is 2. The van der Waals surface area contributed by atoms with E-state index in [9.17, 15) is 22.4 Å². The summed E-state index contributed by atoms with van der Waals surface area (Å²) in [6, 6.07) is 15.0. The largest absolute Gasteiger partial charge is 0.493 e. The van der Waals surface area contributed by atoms with E-state index in [4.69, 9.17) is 9.47 Å².